The van der Waals surface area contributed by atoms with Crippen LogP contribution in [0.15, 0.2) is 60.7 Å². The molecule has 0 aliphatic carbocycles. The van der Waals surface area contributed by atoms with E-state index in [1.54, 1.807) is 43.3 Å². The second-order valence-corrected chi connectivity index (χ2v) is 10.6. The van der Waals surface area contributed by atoms with Crippen molar-refractivity contribution < 1.29 is 33.2 Å². The first-order chi connectivity index (χ1) is 18.0. The van der Waals surface area contributed by atoms with E-state index < -0.39 is 26.0 Å². The molecule has 0 radical (unpaired) electrons. The molecule has 1 aliphatic heterocycles. The lowest BCUT2D eigenvalue weighted by molar-refractivity contribution is -0.106. The Labute approximate surface area is 225 Å². The zero-order valence-corrected chi connectivity index (χ0v) is 22.5. The van der Waals surface area contributed by atoms with E-state index in [1.807, 2.05) is 19.1 Å². The van der Waals surface area contributed by atoms with Crippen molar-refractivity contribution in [2.45, 2.75) is 39.1 Å². The van der Waals surface area contributed by atoms with E-state index in [-0.39, 0.29) is 11.5 Å². The number of halogens is 1. The van der Waals surface area contributed by atoms with Gasteiger partial charge < -0.3 is 25.2 Å². The summed E-state index contributed by atoms with van der Waals surface area (Å²) in [6.07, 6.45) is -1.43. The number of hydrogen-bond acceptors (Lipinski definition) is 6. The molecule has 2 unspecified atom stereocenters. The van der Waals surface area contributed by atoms with Gasteiger partial charge in [0.25, 0.3) is 5.91 Å². The van der Waals surface area contributed by atoms with Crippen LogP contribution >= 0.6 is 19.4 Å². The van der Waals surface area contributed by atoms with Gasteiger partial charge >= 0.3 is 7.82 Å². The predicted molar refractivity (Wildman–Crippen MR) is 145 cm³/mol. The number of ketones is 1. The Morgan fingerprint density at radius 3 is 2.53 bits per heavy atom. The van der Waals surface area contributed by atoms with Crippen molar-refractivity contribution in [1.29, 1.82) is 0 Å². The van der Waals surface area contributed by atoms with Gasteiger partial charge in [0.2, 0.25) is 12.1 Å². The maximum absolute atomic E-state index is 13.5. The number of fused-ring (bicyclic) bond motifs is 1. The summed E-state index contributed by atoms with van der Waals surface area (Å²) in [5.41, 5.74) is 3.81. The number of phosphoric ester groups is 1. The molecule has 200 valence electrons. The van der Waals surface area contributed by atoms with Gasteiger partial charge in [-0.25, -0.2) is 9.09 Å². The van der Waals surface area contributed by atoms with Crippen molar-refractivity contribution in [3.63, 3.8) is 0 Å². The van der Waals surface area contributed by atoms with E-state index in [9.17, 15) is 23.9 Å². The van der Waals surface area contributed by atoms with Crippen molar-refractivity contribution in [3.05, 3.63) is 93.5 Å². The summed E-state index contributed by atoms with van der Waals surface area (Å²) in [5, 5.41) is 6.52. The topological polar surface area (TPSA) is 134 Å². The number of carbonyl (C=O) groups excluding carboxylic acids is 2. The van der Waals surface area contributed by atoms with Crippen molar-refractivity contribution in [2.75, 3.05) is 17.2 Å². The molecule has 1 aliphatic rings. The van der Waals surface area contributed by atoms with Crippen LogP contribution in [-0.2, 0) is 13.8 Å². The maximum atomic E-state index is 13.5. The first kappa shape index (κ1) is 28.0. The molecule has 0 bridgehead atoms. The van der Waals surface area contributed by atoms with E-state index in [0.717, 1.165) is 11.3 Å². The van der Waals surface area contributed by atoms with Gasteiger partial charge in [-0.3, -0.25) is 9.59 Å². The Balaban J connectivity index is 1.58. The van der Waals surface area contributed by atoms with Gasteiger partial charge in [0, 0.05) is 39.6 Å². The molecule has 0 aromatic heterocycles. The van der Waals surface area contributed by atoms with Gasteiger partial charge in [-0.1, -0.05) is 29.8 Å². The van der Waals surface area contributed by atoms with Gasteiger partial charge in [0.05, 0.1) is 6.10 Å². The molecule has 3 aromatic carbocycles. The molecule has 0 saturated carbocycles. The van der Waals surface area contributed by atoms with E-state index in [4.69, 9.17) is 20.9 Å². The zero-order chi connectivity index (χ0) is 27.4. The highest BCUT2D eigenvalue weighted by Gasteiger charge is 2.34. The minimum Gasteiger partial charge on any atom is -0.385 e. The monoisotopic (exact) mass is 558 g/mol. The number of ether oxygens (including phenoxy) is 1. The number of Topliss-reactive ketones (excluding diaryl/α,β-unsaturated/α-hetero) is 1. The van der Waals surface area contributed by atoms with Gasteiger partial charge in [-0.05, 0) is 80.3 Å². The molecule has 3 aromatic rings. The lowest BCUT2D eigenvalue weighted by Gasteiger charge is -2.25. The molecule has 0 spiro atoms. The number of hydrogen-bond donors (Lipinski definition) is 4. The number of anilines is 2. The van der Waals surface area contributed by atoms with Gasteiger partial charge in [0.15, 0.2) is 0 Å². The Bertz CT molecular complexity index is 1410. The second-order valence-electron chi connectivity index (χ2n) is 9.02. The van der Waals surface area contributed by atoms with Gasteiger partial charge in [0.1, 0.15) is 0 Å². The van der Waals surface area contributed by atoms with Crippen LogP contribution in [0.3, 0.4) is 0 Å². The fourth-order valence-corrected chi connectivity index (χ4v) is 4.92. The molecule has 9 nitrogen and oxygen atoms in total. The Morgan fingerprint density at radius 1 is 1.05 bits per heavy atom. The minimum atomic E-state index is -5.10. The van der Waals surface area contributed by atoms with Crippen LogP contribution in [0, 0.1) is 13.8 Å². The van der Waals surface area contributed by atoms with E-state index in [1.165, 1.54) is 12.1 Å². The van der Waals surface area contributed by atoms with Crippen LogP contribution in [-0.4, -0.2) is 34.3 Å². The SMILES string of the molecule is Cc1ccccc1C(=O)Nc1ccc(C(=O)C(OC2CCCNc3ccc(Cl)cc32)OP(=O)(O)O)c(C)c1. The largest absolute Gasteiger partial charge is 0.472 e. The third-order valence-electron chi connectivity index (χ3n) is 6.19. The third-order valence-corrected chi connectivity index (χ3v) is 6.89. The van der Waals surface area contributed by atoms with Gasteiger partial charge in [-0.2, -0.15) is 0 Å². The van der Waals surface area contributed by atoms with Crippen molar-refractivity contribution >= 4 is 42.5 Å². The summed E-state index contributed by atoms with van der Waals surface area (Å²) in [5.74, 6) is -1.06. The molecule has 1 heterocycles. The number of nitrogens with one attached hydrogen (secondary N) is 2. The van der Waals surface area contributed by atoms with E-state index in [2.05, 4.69) is 10.6 Å². The molecule has 0 fully saturated rings. The van der Waals surface area contributed by atoms with Crippen molar-refractivity contribution in [3.8, 4) is 0 Å². The summed E-state index contributed by atoms with van der Waals surface area (Å²) < 4.78 is 22.5. The first-order valence-corrected chi connectivity index (χ1v) is 13.9. The number of phosphoric acid groups is 1. The van der Waals surface area contributed by atoms with Crippen LogP contribution < -0.4 is 10.6 Å². The average molecular weight is 559 g/mol. The normalized spacial score (nSPS) is 16.1. The first-order valence-electron chi connectivity index (χ1n) is 12.0. The summed E-state index contributed by atoms with van der Waals surface area (Å²) >= 11 is 6.18. The molecule has 2 atom stereocenters. The highest BCUT2D eigenvalue weighted by atomic mass is 35.5. The standard InChI is InChI=1S/C27H28ClN2O7P/c1-16-6-3-4-7-21(16)26(32)30-19-10-11-20(17(2)14-19)25(31)27(37-38(33,34)35)36-24-8-5-13-29-23-12-9-18(28)15-22(23)24/h3-4,6-7,9-12,14-15,24,27,29H,5,8,13H2,1-2H3,(H,30,32)(H2,33,34,35). The fraction of sp³-hybridized carbons (Fsp3) is 0.259. The third kappa shape index (κ3) is 6.88. The van der Waals surface area contributed by atoms with Crippen molar-refractivity contribution in [2.24, 2.45) is 0 Å². The van der Waals surface area contributed by atoms with Crippen molar-refractivity contribution in [1.82, 2.24) is 0 Å². The molecule has 11 heteroatoms. The second kappa shape index (κ2) is 11.8. The quantitative estimate of drug-likeness (QED) is 0.155. The maximum Gasteiger partial charge on any atom is 0.472 e. The lowest BCUT2D eigenvalue weighted by atomic mass is 10.0. The molecule has 4 rings (SSSR count). The fourth-order valence-electron chi connectivity index (χ4n) is 4.35. The molecule has 4 N–H and O–H groups in total. The van der Waals surface area contributed by atoms with Gasteiger partial charge in [-0.15, -0.1) is 0 Å². The molecule has 0 saturated heterocycles. The highest BCUT2D eigenvalue weighted by molar-refractivity contribution is 7.46. The van der Waals surface area contributed by atoms with Crippen LogP contribution in [0.25, 0.3) is 0 Å². The van der Waals surface area contributed by atoms with Crippen LogP contribution in [0.1, 0.15) is 56.4 Å². The molecule has 1 amide bonds. The number of aryl methyl sites for hydroxylation is 2. The summed E-state index contributed by atoms with van der Waals surface area (Å²) in [6.45, 7) is 4.14. The number of amides is 1. The van der Waals surface area contributed by atoms with E-state index in [0.29, 0.717) is 46.8 Å². The summed E-state index contributed by atoms with van der Waals surface area (Å²) in [7, 11) is -5.10. The molecule has 38 heavy (non-hydrogen) atoms. The highest BCUT2D eigenvalue weighted by Crippen LogP contribution is 2.42. The predicted octanol–water partition coefficient (Wildman–Crippen LogP) is 5.79. The smallest absolute Gasteiger partial charge is 0.385 e. The van der Waals surface area contributed by atoms with Crippen LogP contribution in [0.4, 0.5) is 11.4 Å². The van der Waals surface area contributed by atoms with E-state index >= 15 is 0 Å². The Hall–Kier alpha value is -3.04. The van der Waals surface area contributed by atoms with Crippen LogP contribution in [0.2, 0.25) is 5.02 Å². The summed E-state index contributed by atoms with van der Waals surface area (Å²) in [4.78, 5) is 45.2. The Kier molecular flexibility index (Phi) is 8.67. The Morgan fingerprint density at radius 2 is 1.82 bits per heavy atom. The number of carbonyl (C=O) groups is 2. The number of benzene rings is 3. The molecular weight excluding hydrogens is 531 g/mol. The summed E-state index contributed by atoms with van der Waals surface area (Å²) in [6, 6.07) is 16.9. The molecular formula is C27H28ClN2O7P. The average Bonchev–Trinajstić information content (AvgIpc) is 3.04. The number of rotatable bonds is 8. The lowest BCUT2D eigenvalue weighted by Crippen LogP contribution is -2.29. The zero-order valence-electron chi connectivity index (χ0n) is 20.8. The van der Waals surface area contributed by atoms with Crippen LogP contribution in [0.5, 0.6) is 0 Å². The minimum absolute atomic E-state index is 0.135.